The molecule has 3 heteroatoms. The summed E-state index contributed by atoms with van der Waals surface area (Å²) < 4.78 is 5.70. The van der Waals surface area contributed by atoms with E-state index in [0.29, 0.717) is 29.0 Å². The predicted octanol–water partition coefficient (Wildman–Crippen LogP) is 2.61. The number of carbonyl (C=O) groups excluding carboxylic acids is 1. The summed E-state index contributed by atoms with van der Waals surface area (Å²) in [4.78, 5) is 12.5. The van der Waals surface area contributed by atoms with E-state index in [2.05, 4.69) is 0 Å². The zero-order valence-electron chi connectivity index (χ0n) is 10.6. The number of rotatable bonds is 1. The molecule has 1 N–H and O–H groups in total. The van der Waals surface area contributed by atoms with Gasteiger partial charge in [0, 0.05) is 11.1 Å². The Balaban J connectivity index is 2.16. The number of hydrogen-bond acceptors (Lipinski definition) is 3. The van der Waals surface area contributed by atoms with Crippen LogP contribution in [0.2, 0.25) is 0 Å². The molecule has 2 aromatic carbocycles. The number of aryl methyl sites for hydroxylation is 1. The van der Waals surface area contributed by atoms with Crippen molar-refractivity contribution in [3.8, 4) is 5.75 Å². The maximum atomic E-state index is 12.5. The third kappa shape index (κ3) is 2.02. The minimum atomic E-state index is -0.0820. The Bertz CT molecular complexity index is 659. The molecule has 0 aliphatic carbocycles. The van der Waals surface area contributed by atoms with Crippen molar-refractivity contribution in [3.63, 3.8) is 0 Å². The third-order valence-electron chi connectivity index (χ3n) is 3.36. The highest BCUT2D eigenvalue weighted by Crippen LogP contribution is 2.29. The van der Waals surface area contributed by atoms with Gasteiger partial charge in [-0.2, -0.15) is 0 Å². The van der Waals surface area contributed by atoms with Crippen molar-refractivity contribution in [3.05, 3.63) is 64.2 Å². The largest absolute Gasteiger partial charge is 0.488 e. The van der Waals surface area contributed by atoms with Gasteiger partial charge in [0.1, 0.15) is 12.4 Å². The molecule has 96 valence electrons. The Morgan fingerprint density at radius 3 is 2.79 bits per heavy atom. The molecule has 3 rings (SSSR count). The highest BCUT2D eigenvalue weighted by Gasteiger charge is 2.22. The van der Waals surface area contributed by atoms with Crippen molar-refractivity contribution < 1.29 is 14.6 Å². The minimum absolute atomic E-state index is 0.0437. The lowest BCUT2D eigenvalue weighted by atomic mass is 9.97. The van der Waals surface area contributed by atoms with Crippen molar-refractivity contribution in [2.45, 2.75) is 20.1 Å². The van der Waals surface area contributed by atoms with Gasteiger partial charge in [0.2, 0.25) is 0 Å². The second-order valence-corrected chi connectivity index (χ2v) is 4.77. The maximum absolute atomic E-state index is 12.5. The highest BCUT2D eigenvalue weighted by atomic mass is 16.5. The molecule has 2 aromatic rings. The summed E-state index contributed by atoms with van der Waals surface area (Å²) in [6.45, 7) is 2.31. The molecule has 0 spiro atoms. The molecule has 0 aromatic heterocycles. The Hall–Kier alpha value is -2.13. The van der Waals surface area contributed by atoms with E-state index in [0.717, 1.165) is 11.1 Å². The average Bonchev–Trinajstić information content (AvgIpc) is 2.56. The van der Waals surface area contributed by atoms with Crippen LogP contribution >= 0.6 is 0 Å². The summed E-state index contributed by atoms with van der Waals surface area (Å²) in [6.07, 6.45) is 0. The topological polar surface area (TPSA) is 46.5 Å². The molecule has 0 amide bonds. The summed E-state index contributed by atoms with van der Waals surface area (Å²) in [6, 6.07) is 11.0. The number of aliphatic hydroxyl groups excluding tert-OH is 1. The Morgan fingerprint density at radius 1 is 1.16 bits per heavy atom. The lowest BCUT2D eigenvalue weighted by Crippen LogP contribution is -2.03. The molecule has 1 aliphatic heterocycles. The van der Waals surface area contributed by atoms with Crippen LogP contribution in [-0.4, -0.2) is 10.9 Å². The van der Waals surface area contributed by atoms with Crippen LogP contribution in [0.3, 0.4) is 0 Å². The molecule has 0 saturated heterocycles. The molecule has 0 atom stereocenters. The van der Waals surface area contributed by atoms with Crippen LogP contribution in [0.5, 0.6) is 5.75 Å². The van der Waals surface area contributed by atoms with Crippen LogP contribution in [0.15, 0.2) is 36.4 Å². The zero-order valence-corrected chi connectivity index (χ0v) is 10.6. The predicted molar refractivity (Wildman–Crippen MR) is 71.3 cm³/mol. The van der Waals surface area contributed by atoms with E-state index in [9.17, 15) is 9.90 Å². The summed E-state index contributed by atoms with van der Waals surface area (Å²) >= 11 is 0. The monoisotopic (exact) mass is 254 g/mol. The first-order valence-electron chi connectivity index (χ1n) is 6.20. The van der Waals surface area contributed by atoms with E-state index in [1.807, 2.05) is 25.1 Å². The number of fused-ring (bicyclic) bond motifs is 2. The normalized spacial score (nSPS) is 13.3. The Morgan fingerprint density at radius 2 is 2.00 bits per heavy atom. The van der Waals surface area contributed by atoms with Crippen molar-refractivity contribution in [1.29, 1.82) is 0 Å². The van der Waals surface area contributed by atoms with E-state index in [4.69, 9.17) is 4.74 Å². The third-order valence-corrected chi connectivity index (χ3v) is 3.36. The van der Waals surface area contributed by atoms with Crippen molar-refractivity contribution in [2.24, 2.45) is 0 Å². The van der Waals surface area contributed by atoms with E-state index in [1.54, 1.807) is 18.2 Å². The van der Waals surface area contributed by atoms with Gasteiger partial charge in [-0.3, -0.25) is 4.79 Å². The van der Waals surface area contributed by atoms with Crippen molar-refractivity contribution in [2.75, 3.05) is 0 Å². The van der Waals surface area contributed by atoms with Crippen LogP contribution in [-0.2, 0) is 13.2 Å². The number of benzene rings is 2. The summed E-state index contributed by atoms with van der Waals surface area (Å²) in [5.74, 6) is 0.536. The van der Waals surface area contributed by atoms with Gasteiger partial charge in [0.25, 0.3) is 0 Å². The highest BCUT2D eigenvalue weighted by molar-refractivity contribution is 6.12. The lowest BCUT2D eigenvalue weighted by molar-refractivity contribution is 0.103. The summed E-state index contributed by atoms with van der Waals surface area (Å²) in [7, 11) is 0. The van der Waals surface area contributed by atoms with Crippen molar-refractivity contribution >= 4 is 5.78 Å². The van der Waals surface area contributed by atoms with Crippen LogP contribution in [0, 0.1) is 6.92 Å². The van der Waals surface area contributed by atoms with Crippen LogP contribution in [0.25, 0.3) is 0 Å². The summed E-state index contributed by atoms with van der Waals surface area (Å²) in [5.41, 5.74) is 3.93. The van der Waals surface area contributed by atoms with E-state index in [1.165, 1.54) is 0 Å². The first-order valence-corrected chi connectivity index (χ1v) is 6.20. The minimum Gasteiger partial charge on any atom is -0.488 e. The van der Waals surface area contributed by atoms with E-state index < -0.39 is 0 Å². The number of aliphatic hydroxyl groups is 1. The molecule has 0 saturated carbocycles. The fourth-order valence-electron chi connectivity index (χ4n) is 2.34. The van der Waals surface area contributed by atoms with Crippen LogP contribution in [0.4, 0.5) is 0 Å². The quantitative estimate of drug-likeness (QED) is 0.851. The molecule has 3 nitrogen and oxygen atoms in total. The average molecular weight is 254 g/mol. The molecule has 0 radical (unpaired) electrons. The molecule has 1 heterocycles. The fraction of sp³-hybridized carbons (Fsp3) is 0.188. The standard InChI is InChI=1S/C16H14O3/c1-10-2-4-13-12(6-10)9-19-15-5-3-11(8-17)7-14(15)16(13)18/h2-7,17H,8-9H2,1H3. The number of ether oxygens (including phenoxy) is 1. The molecular weight excluding hydrogens is 240 g/mol. The lowest BCUT2D eigenvalue weighted by Gasteiger charge is -2.07. The molecule has 1 aliphatic rings. The fourth-order valence-corrected chi connectivity index (χ4v) is 2.34. The second-order valence-electron chi connectivity index (χ2n) is 4.77. The zero-order chi connectivity index (χ0) is 13.4. The van der Waals surface area contributed by atoms with Crippen LogP contribution < -0.4 is 4.74 Å². The van der Waals surface area contributed by atoms with Gasteiger partial charge < -0.3 is 9.84 Å². The molecular formula is C16H14O3. The van der Waals surface area contributed by atoms with Gasteiger partial charge in [-0.25, -0.2) is 0 Å². The van der Waals surface area contributed by atoms with Gasteiger partial charge in [-0.15, -0.1) is 0 Å². The van der Waals surface area contributed by atoms with Crippen LogP contribution in [0.1, 0.15) is 32.6 Å². The smallest absolute Gasteiger partial charge is 0.197 e. The molecule has 0 bridgehead atoms. The number of carbonyl (C=O) groups is 1. The van der Waals surface area contributed by atoms with Crippen molar-refractivity contribution in [1.82, 2.24) is 0 Å². The first kappa shape index (κ1) is 11.9. The number of hydrogen-bond donors (Lipinski definition) is 1. The SMILES string of the molecule is Cc1ccc2c(c1)COc1ccc(CO)cc1C2=O. The molecule has 0 fully saturated rings. The van der Waals surface area contributed by atoms with Gasteiger partial charge in [0.15, 0.2) is 5.78 Å². The molecule has 0 unspecified atom stereocenters. The number of ketones is 1. The molecule has 19 heavy (non-hydrogen) atoms. The first-order chi connectivity index (χ1) is 9.19. The maximum Gasteiger partial charge on any atom is 0.197 e. The Kier molecular flexibility index (Phi) is 2.84. The van der Waals surface area contributed by atoms with Gasteiger partial charge >= 0.3 is 0 Å². The van der Waals surface area contributed by atoms with E-state index >= 15 is 0 Å². The Labute approximate surface area is 111 Å². The van der Waals surface area contributed by atoms with Gasteiger partial charge in [0.05, 0.1) is 12.2 Å². The van der Waals surface area contributed by atoms with Gasteiger partial charge in [-0.1, -0.05) is 29.8 Å². The van der Waals surface area contributed by atoms with Gasteiger partial charge in [-0.05, 0) is 24.6 Å². The summed E-state index contributed by atoms with van der Waals surface area (Å²) in [5, 5.41) is 9.18. The second kappa shape index (κ2) is 4.52. The van der Waals surface area contributed by atoms with E-state index in [-0.39, 0.29) is 12.4 Å².